The van der Waals surface area contributed by atoms with Crippen molar-refractivity contribution in [3.63, 3.8) is 0 Å². The first kappa shape index (κ1) is 15.2. The average Bonchev–Trinajstić information content (AvgIpc) is 2.37. The minimum absolute atomic E-state index is 0.0761. The predicted molar refractivity (Wildman–Crippen MR) is 73.4 cm³/mol. The van der Waals surface area contributed by atoms with Crippen LogP contribution in [0.15, 0.2) is 18.2 Å². The monoisotopic (exact) mass is 270 g/mol. The SMILES string of the molecule is CCCC[C@H](C)C(=O)CCc1cccc(Cl)c1F. The number of benzene rings is 1. The zero-order valence-electron chi connectivity index (χ0n) is 11.0. The highest BCUT2D eigenvalue weighted by atomic mass is 35.5. The van der Waals surface area contributed by atoms with Crippen molar-refractivity contribution in [2.24, 2.45) is 5.92 Å². The topological polar surface area (TPSA) is 17.1 Å². The van der Waals surface area contributed by atoms with E-state index in [-0.39, 0.29) is 16.7 Å². The average molecular weight is 271 g/mol. The third-order valence-corrected chi connectivity index (χ3v) is 3.50. The van der Waals surface area contributed by atoms with Gasteiger partial charge in [0.15, 0.2) is 0 Å². The maximum absolute atomic E-state index is 13.6. The molecule has 0 aliphatic heterocycles. The Hall–Kier alpha value is -0.890. The summed E-state index contributed by atoms with van der Waals surface area (Å²) in [5.41, 5.74) is 0.526. The molecular formula is C15H20ClFO. The fourth-order valence-electron chi connectivity index (χ4n) is 1.92. The second-order valence-electron chi connectivity index (χ2n) is 4.72. The van der Waals surface area contributed by atoms with Gasteiger partial charge in [-0.1, -0.05) is 50.4 Å². The Morgan fingerprint density at radius 1 is 1.44 bits per heavy atom. The van der Waals surface area contributed by atoms with Gasteiger partial charge in [-0.05, 0) is 24.5 Å². The third kappa shape index (κ3) is 4.41. The van der Waals surface area contributed by atoms with E-state index < -0.39 is 5.82 Å². The number of unbranched alkanes of at least 4 members (excludes halogenated alkanes) is 1. The van der Waals surface area contributed by atoms with Crippen molar-refractivity contribution in [2.45, 2.75) is 46.0 Å². The molecule has 0 spiro atoms. The van der Waals surface area contributed by atoms with E-state index in [1.165, 1.54) is 6.07 Å². The molecular weight excluding hydrogens is 251 g/mol. The molecule has 1 nitrogen and oxygen atoms in total. The zero-order chi connectivity index (χ0) is 13.5. The van der Waals surface area contributed by atoms with Gasteiger partial charge in [-0.25, -0.2) is 4.39 Å². The van der Waals surface area contributed by atoms with Crippen molar-refractivity contribution in [1.82, 2.24) is 0 Å². The number of ketones is 1. The van der Waals surface area contributed by atoms with Gasteiger partial charge in [0, 0.05) is 12.3 Å². The quantitative estimate of drug-likeness (QED) is 0.695. The predicted octanol–water partition coefficient (Wildman–Crippen LogP) is 4.81. The van der Waals surface area contributed by atoms with E-state index in [1.54, 1.807) is 12.1 Å². The Labute approximate surface area is 113 Å². The largest absolute Gasteiger partial charge is 0.299 e. The standard InChI is InChI=1S/C15H20ClFO/c1-3-4-6-11(2)14(18)10-9-12-7-5-8-13(16)15(12)17/h5,7-8,11H,3-4,6,9-10H2,1-2H3/t11-/m0/s1. The Morgan fingerprint density at radius 3 is 2.83 bits per heavy atom. The summed E-state index contributed by atoms with van der Waals surface area (Å²) in [5.74, 6) is -0.108. The molecule has 0 radical (unpaired) electrons. The highest BCUT2D eigenvalue weighted by Gasteiger charge is 2.14. The van der Waals surface area contributed by atoms with Crippen LogP contribution in [-0.2, 0) is 11.2 Å². The molecule has 0 unspecified atom stereocenters. The van der Waals surface area contributed by atoms with Gasteiger partial charge in [0.1, 0.15) is 11.6 Å². The molecule has 0 saturated heterocycles. The Kier molecular flexibility index (Phi) is 6.34. The summed E-state index contributed by atoms with van der Waals surface area (Å²) < 4.78 is 13.6. The molecule has 0 amide bonds. The summed E-state index contributed by atoms with van der Waals surface area (Å²) in [6.45, 7) is 4.06. The molecule has 0 aliphatic carbocycles. The van der Waals surface area contributed by atoms with Crippen molar-refractivity contribution >= 4 is 17.4 Å². The fraction of sp³-hybridized carbons (Fsp3) is 0.533. The summed E-state index contributed by atoms with van der Waals surface area (Å²) >= 11 is 5.70. The molecule has 100 valence electrons. The Balaban J connectivity index is 2.49. The first-order valence-corrected chi connectivity index (χ1v) is 6.89. The van der Waals surface area contributed by atoms with E-state index in [9.17, 15) is 9.18 Å². The minimum Gasteiger partial charge on any atom is -0.299 e. The number of aryl methyl sites for hydroxylation is 1. The second kappa shape index (κ2) is 7.52. The second-order valence-corrected chi connectivity index (χ2v) is 5.13. The molecule has 18 heavy (non-hydrogen) atoms. The number of halogens is 2. The maximum Gasteiger partial charge on any atom is 0.144 e. The normalized spacial score (nSPS) is 12.4. The fourth-order valence-corrected chi connectivity index (χ4v) is 2.11. The first-order valence-electron chi connectivity index (χ1n) is 6.51. The smallest absolute Gasteiger partial charge is 0.144 e. The van der Waals surface area contributed by atoms with Gasteiger partial charge in [0.2, 0.25) is 0 Å². The Morgan fingerprint density at radius 2 is 2.17 bits per heavy atom. The summed E-state index contributed by atoms with van der Waals surface area (Å²) in [4.78, 5) is 11.9. The lowest BCUT2D eigenvalue weighted by Gasteiger charge is -2.10. The summed E-state index contributed by atoms with van der Waals surface area (Å²) in [7, 11) is 0. The van der Waals surface area contributed by atoms with Gasteiger partial charge in [-0.15, -0.1) is 0 Å². The van der Waals surface area contributed by atoms with E-state index in [2.05, 4.69) is 6.92 Å². The first-order chi connectivity index (χ1) is 8.56. The van der Waals surface area contributed by atoms with Gasteiger partial charge >= 0.3 is 0 Å². The molecule has 0 aliphatic rings. The summed E-state index contributed by atoms with van der Waals surface area (Å²) in [6.07, 6.45) is 3.91. The van der Waals surface area contributed by atoms with E-state index in [0.717, 1.165) is 19.3 Å². The van der Waals surface area contributed by atoms with E-state index in [0.29, 0.717) is 18.4 Å². The van der Waals surface area contributed by atoms with Crippen LogP contribution >= 0.6 is 11.6 Å². The van der Waals surface area contributed by atoms with E-state index >= 15 is 0 Å². The van der Waals surface area contributed by atoms with Crippen LogP contribution in [0.4, 0.5) is 4.39 Å². The highest BCUT2D eigenvalue weighted by Crippen LogP contribution is 2.20. The van der Waals surface area contributed by atoms with Crippen LogP contribution in [0.2, 0.25) is 5.02 Å². The molecule has 0 bridgehead atoms. The van der Waals surface area contributed by atoms with Crippen molar-refractivity contribution in [1.29, 1.82) is 0 Å². The molecule has 1 aromatic carbocycles. The molecule has 0 N–H and O–H groups in total. The van der Waals surface area contributed by atoms with Crippen LogP contribution in [0.1, 0.15) is 45.1 Å². The third-order valence-electron chi connectivity index (χ3n) is 3.21. The van der Waals surface area contributed by atoms with Crippen LogP contribution in [0.5, 0.6) is 0 Å². The van der Waals surface area contributed by atoms with Crippen molar-refractivity contribution in [3.8, 4) is 0 Å². The summed E-state index contributed by atoms with van der Waals surface area (Å²) in [5, 5.41) is 0.124. The van der Waals surface area contributed by atoms with Crippen molar-refractivity contribution in [2.75, 3.05) is 0 Å². The highest BCUT2D eigenvalue weighted by molar-refractivity contribution is 6.30. The van der Waals surface area contributed by atoms with Gasteiger partial charge < -0.3 is 0 Å². The number of rotatable bonds is 7. The molecule has 0 aromatic heterocycles. The number of hydrogen-bond acceptors (Lipinski definition) is 1. The zero-order valence-corrected chi connectivity index (χ0v) is 11.8. The molecule has 0 heterocycles. The van der Waals surface area contributed by atoms with Crippen LogP contribution in [0, 0.1) is 11.7 Å². The van der Waals surface area contributed by atoms with Crippen LogP contribution in [0.25, 0.3) is 0 Å². The number of hydrogen-bond donors (Lipinski definition) is 0. The van der Waals surface area contributed by atoms with Crippen molar-refractivity contribution < 1.29 is 9.18 Å². The molecule has 3 heteroatoms. The van der Waals surface area contributed by atoms with Crippen molar-refractivity contribution in [3.05, 3.63) is 34.6 Å². The lowest BCUT2D eigenvalue weighted by atomic mass is 9.95. The molecule has 1 atom stereocenters. The van der Waals surface area contributed by atoms with Crippen LogP contribution < -0.4 is 0 Å². The lowest BCUT2D eigenvalue weighted by molar-refractivity contribution is -0.122. The number of Topliss-reactive ketones (excluding diaryl/α,β-unsaturated/α-hetero) is 1. The molecule has 1 aromatic rings. The number of carbonyl (C=O) groups excluding carboxylic acids is 1. The Bertz CT molecular complexity index is 403. The van der Waals surface area contributed by atoms with Crippen LogP contribution in [-0.4, -0.2) is 5.78 Å². The van der Waals surface area contributed by atoms with E-state index in [1.807, 2.05) is 6.92 Å². The summed E-state index contributed by atoms with van der Waals surface area (Å²) in [6, 6.07) is 4.92. The lowest BCUT2D eigenvalue weighted by Crippen LogP contribution is -2.12. The van der Waals surface area contributed by atoms with Gasteiger partial charge in [-0.2, -0.15) is 0 Å². The number of carbonyl (C=O) groups is 1. The van der Waals surface area contributed by atoms with Gasteiger partial charge in [0.25, 0.3) is 0 Å². The minimum atomic E-state index is -0.395. The molecule has 1 rings (SSSR count). The maximum atomic E-state index is 13.6. The van der Waals surface area contributed by atoms with E-state index in [4.69, 9.17) is 11.6 Å². The molecule has 0 fully saturated rings. The van der Waals surface area contributed by atoms with Gasteiger partial charge in [0.05, 0.1) is 5.02 Å². The van der Waals surface area contributed by atoms with Gasteiger partial charge in [-0.3, -0.25) is 4.79 Å². The molecule has 0 saturated carbocycles. The van der Waals surface area contributed by atoms with Crippen LogP contribution in [0.3, 0.4) is 0 Å².